The SMILES string of the molecule is Cc1ccc2c(n1)c(CCc1ccc(S(C)(=O)=O)cc1)c(C)n2C/C(F)=C/CNCl. The molecular weight excluding hydrogens is 425 g/mol. The molecule has 30 heavy (non-hydrogen) atoms. The van der Waals surface area contributed by atoms with Gasteiger partial charge in [-0.15, -0.1) is 0 Å². The minimum Gasteiger partial charge on any atom is -0.337 e. The van der Waals surface area contributed by atoms with Crippen LogP contribution in [0.2, 0.25) is 0 Å². The maximum Gasteiger partial charge on any atom is 0.175 e. The third-order valence-electron chi connectivity index (χ3n) is 5.16. The first-order chi connectivity index (χ1) is 14.2. The summed E-state index contributed by atoms with van der Waals surface area (Å²) in [5.74, 6) is -0.272. The number of sulfone groups is 1. The molecule has 1 N–H and O–H groups in total. The van der Waals surface area contributed by atoms with E-state index in [0.717, 1.165) is 46.4 Å². The molecular formula is C22H25ClFN3O2S. The van der Waals surface area contributed by atoms with Gasteiger partial charge < -0.3 is 4.57 Å². The highest BCUT2D eigenvalue weighted by atomic mass is 35.5. The molecule has 0 saturated carbocycles. The van der Waals surface area contributed by atoms with Gasteiger partial charge in [0.15, 0.2) is 9.84 Å². The Morgan fingerprint density at radius 1 is 1.17 bits per heavy atom. The Hall–Kier alpha value is -2.22. The Bertz CT molecular complexity index is 1190. The van der Waals surface area contributed by atoms with Crippen molar-refractivity contribution in [3.8, 4) is 0 Å². The maximum absolute atomic E-state index is 14.3. The van der Waals surface area contributed by atoms with Gasteiger partial charge in [0.05, 0.1) is 22.5 Å². The van der Waals surface area contributed by atoms with E-state index < -0.39 is 9.84 Å². The minimum absolute atomic E-state index is 0.120. The molecule has 2 heterocycles. The second-order valence-electron chi connectivity index (χ2n) is 7.38. The summed E-state index contributed by atoms with van der Waals surface area (Å²) >= 11 is 5.42. The summed E-state index contributed by atoms with van der Waals surface area (Å²) in [6.45, 7) is 4.28. The zero-order valence-corrected chi connectivity index (χ0v) is 18.8. The number of benzene rings is 1. The molecule has 0 bridgehead atoms. The second kappa shape index (κ2) is 9.29. The van der Waals surface area contributed by atoms with Gasteiger partial charge in [-0.1, -0.05) is 12.1 Å². The first-order valence-corrected chi connectivity index (χ1v) is 11.9. The van der Waals surface area contributed by atoms with Crippen LogP contribution < -0.4 is 4.84 Å². The molecule has 0 unspecified atom stereocenters. The topological polar surface area (TPSA) is 64.0 Å². The van der Waals surface area contributed by atoms with E-state index in [1.54, 1.807) is 12.1 Å². The van der Waals surface area contributed by atoms with Crippen LogP contribution in [-0.2, 0) is 29.2 Å². The molecule has 0 aliphatic heterocycles. The Morgan fingerprint density at radius 3 is 2.50 bits per heavy atom. The fourth-order valence-corrected chi connectivity index (χ4v) is 4.25. The second-order valence-corrected chi connectivity index (χ2v) is 9.66. The van der Waals surface area contributed by atoms with Crippen LogP contribution in [0.25, 0.3) is 11.0 Å². The molecule has 0 radical (unpaired) electrons. The van der Waals surface area contributed by atoms with E-state index in [1.807, 2.05) is 42.7 Å². The monoisotopic (exact) mass is 449 g/mol. The van der Waals surface area contributed by atoms with Crippen LogP contribution in [0.4, 0.5) is 4.39 Å². The Morgan fingerprint density at radius 2 is 1.87 bits per heavy atom. The summed E-state index contributed by atoms with van der Waals surface area (Å²) in [7, 11) is -3.21. The molecule has 0 aliphatic carbocycles. The molecule has 3 aromatic rings. The number of aryl methyl sites for hydroxylation is 3. The molecule has 1 aromatic carbocycles. The van der Waals surface area contributed by atoms with E-state index in [1.165, 1.54) is 12.3 Å². The van der Waals surface area contributed by atoms with Crippen molar-refractivity contribution in [2.75, 3.05) is 12.8 Å². The van der Waals surface area contributed by atoms with Gasteiger partial charge in [0.2, 0.25) is 0 Å². The maximum atomic E-state index is 14.3. The molecule has 0 spiro atoms. The van der Waals surface area contributed by atoms with Crippen LogP contribution in [0.15, 0.2) is 53.2 Å². The van der Waals surface area contributed by atoms with Crippen molar-refractivity contribution in [2.24, 2.45) is 0 Å². The van der Waals surface area contributed by atoms with Crippen molar-refractivity contribution in [1.29, 1.82) is 0 Å². The first-order valence-electron chi connectivity index (χ1n) is 9.63. The molecule has 0 amide bonds. The van der Waals surface area contributed by atoms with Crippen molar-refractivity contribution in [2.45, 2.75) is 38.1 Å². The average Bonchev–Trinajstić information content (AvgIpc) is 2.95. The molecule has 0 saturated heterocycles. The van der Waals surface area contributed by atoms with Crippen LogP contribution in [0, 0.1) is 13.8 Å². The zero-order valence-electron chi connectivity index (χ0n) is 17.2. The predicted octanol–water partition coefficient (Wildman–Crippen LogP) is 4.44. The summed E-state index contributed by atoms with van der Waals surface area (Å²) in [5, 5.41) is 0. The minimum atomic E-state index is -3.21. The van der Waals surface area contributed by atoms with Crippen LogP contribution >= 0.6 is 11.8 Å². The molecule has 0 fully saturated rings. The number of hydrogen-bond acceptors (Lipinski definition) is 4. The van der Waals surface area contributed by atoms with Crippen LogP contribution in [0.3, 0.4) is 0 Å². The van der Waals surface area contributed by atoms with Crippen molar-refractivity contribution in [3.05, 3.63) is 70.8 Å². The molecule has 0 aliphatic rings. The number of allylic oxidation sites excluding steroid dienone is 1. The third-order valence-corrected chi connectivity index (χ3v) is 6.44. The largest absolute Gasteiger partial charge is 0.337 e. The lowest BCUT2D eigenvalue weighted by atomic mass is 10.0. The third kappa shape index (κ3) is 5.09. The van der Waals surface area contributed by atoms with E-state index in [0.29, 0.717) is 4.90 Å². The predicted molar refractivity (Wildman–Crippen MR) is 119 cm³/mol. The number of halogens is 2. The van der Waals surface area contributed by atoms with Crippen molar-refractivity contribution in [1.82, 2.24) is 14.4 Å². The van der Waals surface area contributed by atoms with E-state index in [9.17, 15) is 12.8 Å². The molecule has 160 valence electrons. The highest BCUT2D eigenvalue weighted by Gasteiger charge is 2.17. The smallest absolute Gasteiger partial charge is 0.175 e. The van der Waals surface area contributed by atoms with Crippen molar-refractivity contribution in [3.63, 3.8) is 0 Å². The summed E-state index contributed by atoms with van der Waals surface area (Å²) in [6, 6.07) is 10.8. The molecule has 5 nitrogen and oxygen atoms in total. The first kappa shape index (κ1) is 22.5. The summed E-state index contributed by atoms with van der Waals surface area (Å²) in [5.41, 5.74) is 5.75. The fourth-order valence-electron chi connectivity index (χ4n) is 3.54. The molecule has 3 rings (SSSR count). The Labute approximate surface area is 181 Å². The lowest BCUT2D eigenvalue weighted by Gasteiger charge is -2.08. The number of fused-ring (bicyclic) bond motifs is 1. The number of aromatic nitrogens is 2. The van der Waals surface area contributed by atoms with Gasteiger partial charge >= 0.3 is 0 Å². The van der Waals surface area contributed by atoms with Gasteiger partial charge in [-0.2, -0.15) is 0 Å². The van der Waals surface area contributed by atoms with Gasteiger partial charge in [-0.05, 0) is 79.9 Å². The van der Waals surface area contributed by atoms with Crippen LogP contribution in [-0.4, -0.2) is 30.8 Å². The van der Waals surface area contributed by atoms with Crippen LogP contribution in [0.5, 0.6) is 0 Å². The Balaban J connectivity index is 1.91. The number of nitrogens with zero attached hydrogens (tertiary/aromatic N) is 2. The molecule has 8 heteroatoms. The van der Waals surface area contributed by atoms with Gasteiger partial charge in [0, 0.05) is 24.2 Å². The normalized spacial score (nSPS) is 12.6. The standard InChI is InChI=1S/C22H25ClFN3O2S/c1-15-4-11-21-22(26-15)20(16(2)27(21)14-18(24)12-13-25-23)10-7-17-5-8-19(9-6-17)30(3,28)29/h4-6,8-9,11-12,25H,7,10,13-14H2,1-3H3/b18-12-. The number of nitrogens with one attached hydrogen (secondary N) is 1. The fraction of sp³-hybridized carbons (Fsp3) is 0.318. The van der Waals surface area contributed by atoms with Crippen LogP contribution in [0.1, 0.15) is 22.5 Å². The summed E-state index contributed by atoms with van der Waals surface area (Å²) in [6.07, 6.45) is 4.07. The zero-order chi connectivity index (χ0) is 21.9. The molecule has 2 aromatic heterocycles. The van der Waals surface area contributed by atoms with E-state index in [4.69, 9.17) is 16.8 Å². The van der Waals surface area contributed by atoms with E-state index >= 15 is 0 Å². The highest BCUT2D eigenvalue weighted by molar-refractivity contribution is 7.90. The van der Waals surface area contributed by atoms with Crippen molar-refractivity contribution < 1.29 is 12.8 Å². The lowest BCUT2D eigenvalue weighted by molar-refractivity contribution is 0.553. The number of hydrogen-bond donors (Lipinski definition) is 1. The highest BCUT2D eigenvalue weighted by Crippen LogP contribution is 2.27. The quantitative estimate of drug-likeness (QED) is 0.516. The summed E-state index contributed by atoms with van der Waals surface area (Å²) in [4.78, 5) is 7.42. The van der Waals surface area contributed by atoms with E-state index in [2.05, 4.69) is 4.84 Å². The molecule has 0 atom stereocenters. The van der Waals surface area contributed by atoms with Gasteiger partial charge in [-0.3, -0.25) is 4.98 Å². The van der Waals surface area contributed by atoms with E-state index in [-0.39, 0.29) is 18.9 Å². The van der Waals surface area contributed by atoms with Gasteiger partial charge in [0.25, 0.3) is 0 Å². The lowest BCUT2D eigenvalue weighted by Crippen LogP contribution is -2.04. The number of pyridine rings is 1. The average molecular weight is 450 g/mol. The van der Waals surface area contributed by atoms with Gasteiger partial charge in [0.1, 0.15) is 5.83 Å². The number of rotatable bonds is 8. The van der Waals surface area contributed by atoms with Crippen molar-refractivity contribution >= 4 is 32.6 Å². The Kier molecular flexibility index (Phi) is 6.95. The van der Waals surface area contributed by atoms with Gasteiger partial charge in [-0.25, -0.2) is 17.6 Å². The summed E-state index contributed by atoms with van der Waals surface area (Å²) < 4.78 is 39.6.